The summed E-state index contributed by atoms with van der Waals surface area (Å²) in [5.41, 5.74) is 3.02. The fourth-order valence-corrected chi connectivity index (χ4v) is 3.47. The quantitative estimate of drug-likeness (QED) is 0.442. The monoisotopic (exact) mass is 400 g/mol. The first-order valence-corrected chi connectivity index (χ1v) is 9.61. The third-order valence-corrected chi connectivity index (χ3v) is 5.02. The Morgan fingerprint density at radius 2 is 1.97 bits per heavy atom. The van der Waals surface area contributed by atoms with Crippen molar-refractivity contribution in [2.24, 2.45) is 0 Å². The highest BCUT2D eigenvalue weighted by atomic mass is 16.5. The molecule has 0 saturated carbocycles. The van der Waals surface area contributed by atoms with E-state index in [4.69, 9.17) is 9.15 Å². The Kier molecular flexibility index (Phi) is 4.57. The maximum Gasteiger partial charge on any atom is 0.155 e. The van der Waals surface area contributed by atoms with E-state index >= 15 is 0 Å². The van der Waals surface area contributed by atoms with Gasteiger partial charge in [-0.2, -0.15) is 0 Å². The van der Waals surface area contributed by atoms with Crippen molar-refractivity contribution in [1.29, 1.82) is 0 Å². The number of furan rings is 1. The Labute approximate surface area is 172 Å². The summed E-state index contributed by atoms with van der Waals surface area (Å²) >= 11 is 0. The van der Waals surface area contributed by atoms with Crippen LogP contribution in [0, 0.1) is 0 Å². The number of rotatable bonds is 6. The van der Waals surface area contributed by atoms with E-state index in [9.17, 15) is 5.11 Å². The fraction of sp³-hybridized carbons (Fsp3) is 0.130. The van der Waals surface area contributed by atoms with Crippen LogP contribution in [0.4, 0.5) is 5.82 Å². The summed E-state index contributed by atoms with van der Waals surface area (Å²) in [6.45, 7) is 0.342. The van der Waals surface area contributed by atoms with Crippen molar-refractivity contribution in [1.82, 2.24) is 14.6 Å². The lowest BCUT2D eigenvalue weighted by atomic mass is 10.1. The number of nitrogens with one attached hydrogen (secondary N) is 1. The average Bonchev–Trinajstić information content (AvgIpc) is 3.41. The normalized spacial score (nSPS) is 12.3. The molecule has 0 radical (unpaired) electrons. The van der Waals surface area contributed by atoms with Gasteiger partial charge in [0.15, 0.2) is 11.4 Å². The lowest BCUT2D eigenvalue weighted by molar-refractivity contribution is 0.191. The third-order valence-electron chi connectivity index (χ3n) is 5.02. The van der Waals surface area contributed by atoms with Crippen LogP contribution < -0.4 is 10.1 Å². The molecule has 5 aromatic rings. The van der Waals surface area contributed by atoms with E-state index in [-0.39, 0.29) is 0 Å². The predicted molar refractivity (Wildman–Crippen MR) is 115 cm³/mol. The second-order valence-corrected chi connectivity index (χ2v) is 6.92. The predicted octanol–water partition coefficient (Wildman–Crippen LogP) is 4.30. The Hall–Kier alpha value is -3.84. The molecule has 150 valence electrons. The summed E-state index contributed by atoms with van der Waals surface area (Å²) in [6, 6.07) is 20.9. The van der Waals surface area contributed by atoms with E-state index in [0.717, 1.165) is 28.0 Å². The van der Waals surface area contributed by atoms with E-state index in [1.54, 1.807) is 17.8 Å². The van der Waals surface area contributed by atoms with Crippen LogP contribution >= 0.6 is 0 Å². The highest BCUT2D eigenvalue weighted by molar-refractivity contribution is 5.88. The lowest BCUT2D eigenvalue weighted by Crippen LogP contribution is -2.13. The van der Waals surface area contributed by atoms with Gasteiger partial charge in [0.1, 0.15) is 22.8 Å². The zero-order valence-corrected chi connectivity index (χ0v) is 16.3. The number of ether oxygens (including phenoxy) is 1. The summed E-state index contributed by atoms with van der Waals surface area (Å²) in [4.78, 5) is 4.42. The number of aromatic nitrogens is 3. The molecule has 2 N–H and O–H groups in total. The average molecular weight is 400 g/mol. The molecular formula is C23H20N4O3. The number of anilines is 1. The first-order chi connectivity index (χ1) is 14.7. The molecule has 3 aromatic heterocycles. The molecule has 0 unspecified atom stereocenters. The summed E-state index contributed by atoms with van der Waals surface area (Å²) in [7, 11) is 1.64. The van der Waals surface area contributed by atoms with Crippen molar-refractivity contribution >= 4 is 22.4 Å². The number of hydrogen-bond donors (Lipinski definition) is 2. The van der Waals surface area contributed by atoms with Gasteiger partial charge in [-0.25, -0.2) is 9.50 Å². The van der Waals surface area contributed by atoms with E-state index < -0.39 is 6.10 Å². The molecule has 0 bridgehead atoms. The minimum absolute atomic E-state index is 0.342. The van der Waals surface area contributed by atoms with Crippen LogP contribution in [0.15, 0.2) is 77.3 Å². The highest BCUT2D eigenvalue weighted by Crippen LogP contribution is 2.33. The first-order valence-electron chi connectivity index (χ1n) is 9.61. The van der Waals surface area contributed by atoms with Gasteiger partial charge in [0.2, 0.25) is 0 Å². The van der Waals surface area contributed by atoms with Gasteiger partial charge >= 0.3 is 0 Å². The molecule has 0 saturated heterocycles. The molecule has 1 atom stereocenters. The molecule has 5 rings (SSSR count). The zero-order valence-electron chi connectivity index (χ0n) is 16.3. The van der Waals surface area contributed by atoms with Gasteiger partial charge in [0, 0.05) is 6.54 Å². The number of aliphatic hydroxyl groups excluding tert-OH is 1. The second-order valence-electron chi connectivity index (χ2n) is 6.92. The van der Waals surface area contributed by atoms with Crippen molar-refractivity contribution in [3.63, 3.8) is 0 Å². The minimum atomic E-state index is -0.631. The Balaban J connectivity index is 1.45. The molecule has 0 amide bonds. The molecule has 0 aliphatic carbocycles. The molecule has 30 heavy (non-hydrogen) atoms. The van der Waals surface area contributed by atoms with Gasteiger partial charge in [-0.3, -0.25) is 0 Å². The third kappa shape index (κ3) is 3.25. The van der Waals surface area contributed by atoms with Crippen LogP contribution in [0.3, 0.4) is 0 Å². The number of aliphatic hydroxyl groups is 1. The smallest absolute Gasteiger partial charge is 0.155 e. The maximum absolute atomic E-state index is 10.4. The van der Waals surface area contributed by atoms with Crippen LogP contribution in [0.2, 0.25) is 0 Å². The van der Waals surface area contributed by atoms with Crippen molar-refractivity contribution in [3.05, 3.63) is 78.5 Å². The molecule has 7 heteroatoms. The van der Waals surface area contributed by atoms with E-state index in [1.165, 1.54) is 0 Å². The molecule has 0 aliphatic heterocycles. The van der Waals surface area contributed by atoms with Crippen LogP contribution in [0.1, 0.15) is 11.7 Å². The van der Waals surface area contributed by atoms with Gasteiger partial charge in [0.05, 0.1) is 24.8 Å². The number of fused-ring (bicyclic) bond motifs is 2. The molecular weight excluding hydrogens is 380 g/mol. The van der Waals surface area contributed by atoms with E-state index in [2.05, 4.69) is 15.4 Å². The molecule has 3 heterocycles. The fourth-order valence-electron chi connectivity index (χ4n) is 3.47. The largest absolute Gasteiger partial charge is 0.496 e. The van der Waals surface area contributed by atoms with E-state index in [0.29, 0.717) is 23.8 Å². The van der Waals surface area contributed by atoms with Gasteiger partial charge < -0.3 is 19.6 Å². The molecule has 7 nitrogen and oxygen atoms in total. The van der Waals surface area contributed by atoms with Crippen LogP contribution in [0.25, 0.3) is 28.1 Å². The van der Waals surface area contributed by atoms with Crippen molar-refractivity contribution in [2.45, 2.75) is 6.10 Å². The lowest BCUT2D eigenvalue weighted by Gasteiger charge is -2.12. The number of nitrogens with zero attached hydrogens (tertiary/aromatic N) is 3. The highest BCUT2D eigenvalue weighted by Gasteiger charge is 2.15. The SMILES string of the molecule is COc1cccc2oc(-c3cnc4ccc(NC[C@H](O)c5ccccc5)nn34)cc12. The van der Waals surface area contributed by atoms with Crippen LogP contribution in [0.5, 0.6) is 5.75 Å². The summed E-state index contributed by atoms with van der Waals surface area (Å²) in [5.74, 6) is 2.03. The molecule has 0 fully saturated rings. The summed E-state index contributed by atoms with van der Waals surface area (Å²) < 4.78 is 13.2. The summed E-state index contributed by atoms with van der Waals surface area (Å²) in [6.07, 6.45) is 1.10. The Bertz CT molecular complexity index is 1310. The van der Waals surface area contributed by atoms with Gasteiger partial charge in [-0.1, -0.05) is 36.4 Å². The van der Waals surface area contributed by atoms with Crippen molar-refractivity contribution in [3.8, 4) is 17.2 Å². The zero-order chi connectivity index (χ0) is 20.5. The Morgan fingerprint density at radius 1 is 1.10 bits per heavy atom. The van der Waals surface area contributed by atoms with Crippen LogP contribution in [-0.2, 0) is 0 Å². The molecule has 0 spiro atoms. The van der Waals surface area contributed by atoms with Crippen molar-refractivity contribution < 1.29 is 14.3 Å². The topological polar surface area (TPSA) is 84.8 Å². The standard InChI is InChI=1S/C23H20N4O3/c1-29-19-8-5-9-20-16(19)12-21(30-20)17-13-25-23-11-10-22(26-27(17)23)24-14-18(28)15-6-3-2-4-7-15/h2-13,18,28H,14H2,1H3,(H,24,26)/t18-/m0/s1. The second kappa shape index (κ2) is 7.53. The Morgan fingerprint density at radius 3 is 2.80 bits per heavy atom. The number of hydrogen-bond acceptors (Lipinski definition) is 6. The number of methoxy groups -OCH3 is 1. The molecule has 0 aliphatic rings. The minimum Gasteiger partial charge on any atom is -0.496 e. The van der Waals surface area contributed by atoms with Crippen LogP contribution in [-0.4, -0.2) is 33.4 Å². The van der Waals surface area contributed by atoms with Gasteiger partial charge in [-0.15, -0.1) is 5.10 Å². The summed E-state index contributed by atoms with van der Waals surface area (Å²) in [5, 5.41) is 19.1. The molecule has 2 aromatic carbocycles. The number of imidazole rings is 1. The maximum atomic E-state index is 10.4. The number of benzene rings is 2. The van der Waals surface area contributed by atoms with Crippen molar-refractivity contribution in [2.75, 3.05) is 19.0 Å². The first kappa shape index (κ1) is 18.2. The van der Waals surface area contributed by atoms with Gasteiger partial charge in [-0.05, 0) is 35.9 Å². The van der Waals surface area contributed by atoms with E-state index in [1.807, 2.05) is 66.7 Å². The van der Waals surface area contributed by atoms with Gasteiger partial charge in [0.25, 0.3) is 0 Å².